The Balaban J connectivity index is 1.81. The minimum atomic E-state index is 0.154. The molecule has 3 heterocycles. The summed E-state index contributed by atoms with van der Waals surface area (Å²) >= 11 is 11.2. The topological polar surface area (TPSA) is 21.3 Å². The van der Waals surface area contributed by atoms with Crippen LogP contribution >= 0.6 is 55.0 Å². The average Bonchev–Trinajstić information content (AvgIpc) is 3.03. The van der Waals surface area contributed by atoms with Crippen LogP contribution in [-0.4, -0.2) is 30.3 Å². The van der Waals surface area contributed by atoms with Gasteiger partial charge in [0.1, 0.15) is 0 Å². The third kappa shape index (κ3) is 3.72. The molecular weight excluding hydrogens is 434 g/mol. The number of halogens is 2. The molecule has 0 aromatic carbocycles. The Morgan fingerprint density at radius 1 is 1.52 bits per heavy atom. The van der Waals surface area contributed by atoms with E-state index in [4.69, 9.17) is 4.74 Å². The first kappa shape index (κ1) is 16.8. The first-order valence-electron chi connectivity index (χ1n) is 7.53. The van der Waals surface area contributed by atoms with E-state index in [1.807, 2.05) is 11.8 Å². The summed E-state index contributed by atoms with van der Waals surface area (Å²) in [7, 11) is 0. The molecule has 0 bridgehead atoms. The summed E-state index contributed by atoms with van der Waals surface area (Å²) in [5, 5.41) is 3.72. The monoisotopic (exact) mass is 453 g/mol. The lowest BCUT2D eigenvalue weighted by Gasteiger charge is -2.41. The van der Waals surface area contributed by atoms with Gasteiger partial charge < -0.3 is 10.1 Å². The number of rotatable bonds is 4. The number of hydrogen-bond acceptors (Lipinski definition) is 4. The van der Waals surface area contributed by atoms with E-state index in [0.29, 0.717) is 12.0 Å². The molecule has 118 valence electrons. The lowest BCUT2D eigenvalue weighted by molar-refractivity contribution is -0.0853. The van der Waals surface area contributed by atoms with E-state index in [1.54, 1.807) is 11.3 Å². The summed E-state index contributed by atoms with van der Waals surface area (Å²) in [5.74, 6) is 3.10. The van der Waals surface area contributed by atoms with Crippen molar-refractivity contribution in [3.8, 4) is 0 Å². The quantitative estimate of drug-likeness (QED) is 0.673. The first-order valence-corrected chi connectivity index (χ1v) is 11.1. The summed E-state index contributed by atoms with van der Waals surface area (Å²) < 4.78 is 8.64. The highest BCUT2D eigenvalue weighted by atomic mass is 79.9. The molecule has 0 radical (unpaired) electrons. The van der Waals surface area contributed by atoms with Crippen molar-refractivity contribution in [2.45, 2.75) is 37.8 Å². The molecule has 0 saturated carbocycles. The highest BCUT2D eigenvalue weighted by Gasteiger charge is 2.43. The fraction of sp³-hybridized carbons (Fsp3) is 0.733. The molecule has 21 heavy (non-hydrogen) atoms. The third-order valence-electron chi connectivity index (χ3n) is 4.51. The van der Waals surface area contributed by atoms with Gasteiger partial charge in [-0.15, -0.1) is 11.3 Å². The Hall–Kier alpha value is 0.930. The van der Waals surface area contributed by atoms with Gasteiger partial charge in [-0.1, -0.05) is 6.92 Å². The van der Waals surface area contributed by atoms with Crippen LogP contribution in [-0.2, 0) is 4.74 Å². The average molecular weight is 455 g/mol. The second kappa shape index (κ2) is 7.22. The fourth-order valence-corrected chi connectivity index (χ4v) is 7.84. The molecular formula is C15H21Br2NOS2. The zero-order valence-electron chi connectivity index (χ0n) is 12.2. The molecule has 2 saturated heterocycles. The van der Waals surface area contributed by atoms with Crippen molar-refractivity contribution in [1.29, 1.82) is 0 Å². The molecule has 1 spiro atoms. The molecule has 3 atom stereocenters. The van der Waals surface area contributed by atoms with Crippen molar-refractivity contribution in [3.05, 3.63) is 19.2 Å². The van der Waals surface area contributed by atoms with E-state index in [9.17, 15) is 0 Å². The van der Waals surface area contributed by atoms with E-state index in [2.05, 4.69) is 50.2 Å². The number of thioether (sulfide) groups is 1. The molecule has 2 aliphatic rings. The summed E-state index contributed by atoms with van der Waals surface area (Å²) in [6.07, 6.45) is 3.57. The Kier molecular flexibility index (Phi) is 5.77. The van der Waals surface area contributed by atoms with Crippen LogP contribution in [0.5, 0.6) is 0 Å². The molecule has 1 aromatic heterocycles. The maximum absolute atomic E-state index is 6.19. The Morgan fingerprint density at radius 2 is 2.38 bits per heavy atom. The maximum Gasteiger partial charge on any atom is 0.0783 e. The number of nitrogens with one attached hydrogen (secondary N) is 1. The number of ether oxygens (including phenoxy) is 1. The maximum atomic E-state index is 6.19. The van der Waals surface area contributed by atoms with Gasteiger partial charge in [-0.05, 0) is 81.0 Å². The Morgan fingerprint density at radius 3 is 3.00 bits per heavy atom. The Bertz CT molecular complexity index is 488. The largest absolute Gasteiger partial charge is 0.374 e. The standard InChI is InChI=1S/C15H21Br2NOS2/c1-2-18-13(11-7-12(16)21-14(11)17)10-3-5-19-15(8-10)4-6-20-9-15/h7,10,13,18H,2-6,8-9H2,1H3. The third-order valence-corrected chi connectivity index (χ3v) is 8.12. The van der Waals surface area contributed by atoms with Gasteiger partial charge in [-0.3, -0.25) is 0 Å². The predicted molar refractivity (Wildman–Crippen MR) is 99.5 cm³/mol. The van der Waals surface area contributed by atoms with Crippen molar-refractivity contribution in [2.24, 2.45) is 5.92 Å². The second-order valence-corrected chi connectivity index (χ2v) is 10.8. The molecule has 0 amide bonds. The van der Waals surface area contributed by atoms with Crippen molar-refractivity contribution in [3.63, 3.8) is 0 Å². The number of hydrogen-bond donors (Lipinski definition) is 1. The van der Waals surface area contributed by atoms with Crippen LogP contribution in [0.4, 0.5) is 0 Å². The van der Waals surface area contributed by atoms with Gasteiger partial charge in [0.05, 0.1) is 13.2 Å². The van der Waals surface area contributed by atoms with E-state index in [1.165, 1.54) is 37.5 Å². The first-order chi connectivity index (χ1) is 10.1. The number of thiophene rings is 1. The van der Waals surface area contributed by atoms with Crippen LogP contribution < -0.4 is 5.32 Å². The highest BCUT2D eigenvalue weighted by molar-refractivity contribution is 9.12. The van der Waals surface area contributed by atoms with Crippen molar-refractivity contribution < 1.29 is 4.74 Å². The minimum Gasteiger partial charge on any atom is -0.374 e. The minimum absolute atomic E-state index is 0.154. The Labute approximate surface area is 152 Å². The molecule has 3 unspecified atom stereocenters. The molecule has 1 aromatic rings. The molecule has 0 aliphatic carbocycles. The summed E-state index contributed by atoms with van der Waals surface area (Å²) in [4.78, 5) is 0. The predicted octanol–water partition coefficient (Wildman–Crippen LogP) is 5.23. The zero-order valence-corrected chi connectivity index (χ0v) is 17.0. The van der Waals surface area contributed by atoms with Gasteiger partial charge >= 0.3 is 0 Å². The van der Waals surface area contributed by atoms with Crippen LogP contribution in [0.2, 0.25) is 0 Å². The fourth-order valence-electron chi connectivity index (χ4n) is 3.53. The van der Waals surface area contributed by atoms with Crippen molar-refractivity contribution in [1.82, 2.24) is 5.32 Å². The van der Waals surface area contributed by atoms with E-state index >= 15 is 0 Å². The normalized spacial score (nSPS) is 30.9. The molecule has 6 heteroatoms. The molecule has 1 N–H and O–H groups in total. The summed E-state index contributed by atoms with van der Waals surface area (Å²) in [6, 6.07) is 2.70. The van der Waals surface area contributed by atoms with Gasteiger partial charge in [-0.2, -0.15) is 11.8 Å². The van der Waals surface area contributed by atoms with Gasteiger partial charge in [0.2, 0.25) is 0 Å². The van der Waals surface area contributed by atoms with E-state index in [-0.39, 0.29) is 5.60 Å². The van der Waals surface area contributed by atoms with Crippen LogP contribution in [0, 0.1) is 5.92 Å². The smallest absolute Gasteiger partial charge is 0.0783 e. The molecule has 2 aliphatic heterocycles. The van der Waals surface area contributed by atoms with Gasteiger partial charge in [-0.25, -0.2) is 0 Å². The van der Waals surface area contributed by atoms with Crippen molar-refractivity contribution >= 4 is 55.0 Å². The summed E-state index contributed by atoms with van der Waals surface area (Å²) in [6.45, 7) is 4.11. The van der Waals surface area contributed by atoms with Crippen LogP contribution in [0.15, 0.2) is 13.6 Å². The molecule has 2 nitrogen and oxygen atoms in total. The summed E-state index contributed by atoms with van der Waals surface area (Å²) in [5.41, 5.74) is 1.56. The second-order valence-electron chi connectivity index (χ2n) is 5.90. The van der Waals surface area contributed by atoms with E-state index in [0.717, 1.165) is 19.6 Å². The van der Waals surface area contributed by atoms with Crippen LogP contribution in [0.25, 0.3) is 0 Å². The van der Waals surface area contributed by atoms with Gasteiger partial charge in [0, 0.05) is 18.4 Å². The van der Waals surface area contributed by atoms with Crippen molar-refractivity contribution in [2.75, 3.05) is 24.7 Å². The highest BCUT2D eigenvalue weighted by Crippen LogP contribution is 2.46. The SMILES string of the molecule is CCNC(c1cc(Br)sc1Br)C1CCOC2(CCSC2)C1. The van der Waals surface area contributed by atoms with Crippen LogP contribution in [0.1, 0.15) is 37.8 Å². The molecule has 3 rings (SSSR count). The lowest BCUT2D eigenvalue weighted by Crippen LogP contribution is -2.43. The van der Waals surface area contributed by atoms with Gasteiger partial charge in [0.15, 0.2) is 0 Å². The van der Waals surface area contributed by atoms with Crippen LogP contribution in [0.3, 0.4) is 0 Å². The van der Waals surface area contributed by atoms with E-state index < -0.39 is 0 Å². The van der Waals surface area contributed by atoms with Gasteiger partial charge in [0.25, 0.3) is 0 Å². The lowest BCUT2D eigenvalue weighted by atomic mass is 9.79. The zero-order chi connectivity index (χ0) is 14.9. The molecule has 2 fully saturated rings.